The van der Waals surface area contributed by atoms with E-state index in [2.05, 4.69) is 15.1 Å². The van der Waals surface area contributed by atoms with Crippen LogP contribution in [0.25, 0.3) is 5.78 Å². The number of aromatic nitrogens is 5. The van der Waals surface area contributed by atoms with E-state index < -0.39 is 0 Å². The summed E-state index contributed by atoms with van der Waals surface area (Å²) in [6.45, 7) is 4.24. The quantitative estimate of drug-likeness (QED) is 0.672. The monoisotopic (exact) mass is 289 g/mol. The predicted octanol–water partition coefficient (Wildman–Crippen LogP) is 1.60. The highest BCUT2D eigenvalue weighted by Crippen LogP contribution is 2.12. The molecule has 3 aromatic heterocycles. The van der Waals surface area contributed by atoms with E-state index >= 15 is 0 Å². The van der Waals surface area contributed by atoms with Gasteiger partial charge in [-0.15, -0.1) is 0 Å². The Hall–Kier alpha value is -2.21. The summed E-state index contributed by atoms with van der Waals surface area (Å²) in [5, 5.41) is 4.43. The molecule has 0 amide bonds. The summed E-state index contributed by atoms with van der Waals surface area (Å²) < 4.78 is 3.25. The Bertz CT molecular complexity index is 834. The molecule has 102 valence electrons. The van der Waals surface area contributed by atoms with E-state index in [-0.39, 0.29) is 5.56 Å². The fraction of sp³-hybridized carbons (Fsp3) is 0.231. The van der Waals surface area contributed by atoms with Gasteiger partial charge in [0.05, 0.1) is 6.54 Å². The van der Waals surface area contributed by atoms with Gasteiger partial charge in [0.2, 0.25) is 5.78 Å². The van der Waals surface area contributed by atoms with Gasteiger partial charge in [-0.05, 0) is 25.5 Å². The zero-order chi connectivity index (χ0) is 14.3. The summed E-state index contributed by atoms with van der Waals surface area (Å²) in [5.74, 6) is 0.521. The molecular formula is C13H12ClN5O. The summed E-state index contributed by atoms with van der Waals surface area (Å²) in [6, 6.07) is 3.64. The molecule has 0 radical (unpaired) electrons. The number of hydrogen-bond acceptors (Lipinski definition) is 4. The molecule has 0 spiro atoms. The van der Waals surface area contributed by atoms with E-state index in [9.17, 15) is 4.79 Å². The lowest BCUT2D eigenvalue weighted by molar-refractivity contribution is 0.719. The minimum absolute atomic E-state index is 0.138. The van der Waals surface area contributed by atoms with Crippen molar-refractivity contribution in [2.24, 2.45) is 0 Å². The molecule has 20 heavy (non-hydrogen) atoms. The minimum Gasteiger partial charge on any atom is -0.309 e. The number of rotatable bonds is 2. The van der Waals surface area contributed by atoms with Gasteiger partial charge in [-0.1, -0.05) is 17.7 Å². The number of nitrogens with zero attached hydrogens (tertiary/aromatic N) is 5. The Balaban J connectivity index is 2.18. The van der Waals surface area contributed by atoms with Crippen LogP contribution in [0.3, 0.4) is 0 Å². The largest absolute Gasteiger partial charge is 0.309 e. The van der Waals surface area contributed by atoms with Crippen LogP contribution >= 0.6 is 11.6 Å². The van der Waals surface area contributed by atoms with Gasteiger partial charge in [0.1, 0.15) is 11.5 Å². The van der Waals surface area contributed by atoms with Crippen molar-refractivity contribution in [1.29, 1.82) is 0 Å². The standard InChI is InChI=1S/C13H12ClN5O/c1-8-9(2)18(6-10-3-4-11(14)15-5-10)13-16-7-17-19(13)12(8)20/h3-5,7H,6H2,1-2H3. The molecule has 0 aromatic carbocycles. The number of hydrogen-bond donors (Lipinski definition) is 0. The first-order valence-electron chi connectivity index (χ1n) is 6.08. The van der Waals surface area contributed by atoms with Gasteiger partial charge >= 0.3 is 0 Å². The van der Waals surface area contributed by atoms with Crippen molar-refractivity contribution in [1.82, 2.24) is 24.1 Å². The second kappa shape index (κ2) is 4.72. The Morgan fingerprint density at radius 1 is 1.25 bits per heavy atom. The molecule has 0 aliphatic rings. The summed E-state index contributed by atoms with van der Waals surface area (Å²) in [7, 11) is 0. The van der Waals surface area contributed by atoms with E-state index in [0.29, 0.717) is 23.0 Å². The van der Waals surface area contributed by atoms with Gasteiger partial charge in [-0.2, -0.15) is 14.6 Å². The molecule has 0 aliphatic carbocycles. The van der Waals surface area contributed by atoms with Crippen molar-refractivity contribution in [2.75, 3.05) is 0 Å². The van der Waals surface area contributed by atoms with E-state index in [1.807, 2.05) is 17.6 Å². The first-order chi connectivity index (χ1) is 9.58. The molecule has 0 aliphatic heterocycles. The highest BCUT2D eigenvalue weighted by molar-refractivity contribution is 6.29. The van der Waals surface area contributed by atoms with Gasteiger partial charge in [-0.3, -0.25) is 4.79 Å². The number of pyridine rings is 1. The van der Waals surface area contributed by atoms with Crippen molar-refractivity contribution in [3.63, 3.8) is 0 Å². The third-order valence-electron chi connectivity index (χ3n) is 3.36. The molecule has 0 fully saturated rings. The SMILES string of the molecule is Cc1c(C)n(Cc2ccc(Cl)nc2)c2ncnn2c1=O. The summed E-state index contributed by atoms with van der Waals surface area (Å²) in [4.78, 5) is 20.3. The molecule has 6 nitrogen and oxygen atoms in total. The lowest BCUT2D eigenvalue weighted by Gasteiger charge is -2.13. The molecule has 3 heterocycles. The highest BCUT2D eigenvalue weighted by atomic mass is 35.5. The average Bonchev–Trinajstić information content (AvgIpc) is 2.92. The third-order valence-corrected chi connectivity index (χ3v) is 3.58. The molecule has 0 atom stereocenters. The van der Waals surface area contributed by atoms with Gasteiger partial charge < -0.3 is 4.57 Å². The first-order valence-corrected chi connectivity index (χ1v) is 6.46. The zero-order valence-corrected chi connectivity index (χ0v) is 11.8. The first kappa shape index (κ1) is 12.8. The van der Waals surface area contributed by atoms with Crippen molar-refractivity contribution in [3.8, 4) is 0 Å². The van der Waals surface area contributed by atoms with E-state index in [1.54, 1.807) is 19.2 Å². The normalized spacial score (nSPS) is 11.2. The van der Waals surface area contributed by atoms with Crippen LogP contribution in [-0.2, 0) is 6.54 Å². The smallest absolute Gasteiger partial charge is 0.278 e. The molecule has 0 bridgehead atoms. The Kier molecular flexibility index (Phi) is 3.02. The third kappa shape index (κ3) is 1.98. The average molecular weight is 290 g/mol. The van der Waals surface area contributed by atoms with Gasteiger partial charge in [-0.25, -0.2) is 4.98 Å². The predicted molar refractivity (Wildman–Crippen MR) is 75.1 cm³/mol. The molecule has 0 unspecified atom stereocenters. The minimum atomic E-state index is -0.138. The van der Waals surface area contributed by atoms with Crippen molar-refractivity contribution >= 4 is 17.4 Å². The molecule has 0 saturated heterocycles. The van der Waals surface area contributed by atoms with Crippen LogP contribution in [-0.4, -0.2) is 24.1 Å². The van der Waals surface area contributed by atoms with Crippen LogP contribution in [0.1, 0.15) is 16.8 Å². The van der Waals surface area contributed by atoms with Crippen molar-refractivity contribution < 1.29 is 0 Å². The summed E-state index contributed by atoms with van der Waals surface area (Å²) in [6.07, 6.45) is 3.09. The summed E-state index contributed by atoms with van der Waals surface area (Å²) in [5.41, 5.74) is 2.36. The van der Waals surface area contributed by atoms with Crippen LogP contribution in [0.5, 0.6) is 0 Å². The fourth-order valence-corrected chi connectivity index (χ4v) is 2.21. The second-order valence-corrected chi connectivity index (χ2v) is 4.95. The zero-order valence-electron chi connectivity index (χ0n) is 11.0. The Morgan fingerprint density at radius 2 is 2.05 bits per heavy atom. The lowest BCUT2D eigenvalue weighted by atomic mass is 10.2. The lowest BCUT2D eigenvalue weighted by Crippen LogP contribution is -2.24. The maximum absolute atomic E-state index is 12.1. The van der Waals surface area contributed by atoms with Gasteiger partial charge in [0.15, 0.2) is 0 Å². The van der Waals surface area contributed by atoms with Gasteiger partial charge in [0, 0.05) is 17.5 Å². The molecule has 7 heteroatoms. The number of halogens is 1. The van der Waals surface area contributed by atoms with Crippen molar-refractivity contribution in [2.45, 2.75) is 20.4 Å². The van der Waals surface area contributed by atoms with E-state index in [1.165, 1.54) is 10.8 Å². The summed E-state index contributed by atoms with van der Waals surface area (Å²) >= 11 is 5.78. The molecule has 0 N–H and O–H groups in total. The molecular weight excluding hydrogens is 278 g/mol. The van der Waals surface area contributed by atoms with Crippen LogP contribution in [0.15, 0.2) is 29.5 Å². The van der Waals surface area contributed by atoms with E-state index in [4.69, 9.17) is 11.6 Å². The van der Waals surface area contributed by atoms with Crippen LogP contribution in [0, 0.1) is 13.8 Å². The Morgan fingerprint density at radius 3 is 2.75 bits per heavy atom. The highest BCUT2D eigenvalue weighted by Gasteiger charge is 2.13. The maximum Gasteiger partial charge on any atom is 0.278 e. The van der Waals surface area contributed by atoms with Crippen LogP contribution < -0.4 is 5.56 Å². The molecule has 3 rings (SSSR count). The van der Waals surface area contributed by atoms with E-state index in [0.717, 1.165) is 11.3 Å². The van der Waals surface area contributed by atoms with Crippen LogP contribution in [0.4, 0.5) is 0 Å². The fourth-order valence-electron chi connectivity index (χ4n) is 2.10. The Labute approximate surface area is 119 Å². The van der Waals surface area contributed by atoms with Crippen molar-refractivity contribution in [3.05, 3.63) is 57.0 Å². The topological polar surface area (TPSA) is 65.1 Å². The second-order valence-electron chi connectivity index (χ2n) is 4.56. The maximum atomic E-state index is 12.1. The number of fused-ring (bicyclic) bond motifs is 1. The van der Waals surface area contributed by atoms with Crippen LogP contribution in [0.2, 0.25) is 5.15 Å². The molecule has 3 aromatic rings. The van der Waals surface area contributed by atoms with Gasteiger partial charge in [0.25, 0.3) is 5.56 Å². The molecule has 0 saturated carbocycles.